The van der Waals surface area contributed by atoms with E-state index in [0.717, 1.165) is 16.7 Å². The van der Waals surface area contributed by atoms with Crippen molar-refractivity contribution in [2.45, 2.75) is 59.2 Å². The zero-order valence-corrected chi connectivity index (χ0v) is 18.0. The molecule has 0 saturated carbocycles. The zero-order valence-electron chi connectivity index (χ0n) is 17.3. The molecule has 0 unspecified atom stereocenters. The highest BCUT2D eigenvalue weighted by atomic mass is 35.5. The minimum absolute atomic E-state index is 0.134. The van der Waals surface area contributed by atoms with Gasteiger partial charge in [0.15, 0.2) is 0 Å². The van der Waals surface area contributed by atoms with Gasteiger partial charge in [-0.2, -0.15) is 0 Å². The Balaban J connectivity index is 2.26. The molecule has 5 heteroatoms. The molecule has 4 nitrogen and oxygen atoms in total. The van der Waals surface area contributed by atoms with Crippen molar-refractivity contribution >= 4 is 23.4 Å². The molecule has 0 aromatic heterocycles. The van der Waals surface area contributed by atoms with Crippen LogP contribution in [0.1, 0.15) is 44.4 Å². The number of carbonyl (C=O) groups is 2. The molecule has 0 heterocycles. The van der Waals surface area contributed by atoms with Gasteiger partial charge < -0.3 is 10.2 Å². The molecule has 2 amide bonds. The number of aryl methyl sites for hydroxylation is 1. The number of nitrogens with one attached hydrogen (secondary N) is 1. The smallest absolute Gasteiger partial charge is 0.242 e. The zero-order chi connectivity index (χ0) is 20.9. The van der Waals surface area contributed by atoms with Crippen LogP contribution in [0.2, 0.25) is 5.02 Å². The standard InChI is InChI=1S/C23H29ClN2O2/c1-16-10-12-18(13-11-16)15-26(17(2)22(28)25-23(3,4)5)21(27)14-19-8-6-7-9-20(19)24/h6-13,17H,14-15H2,1-5H3,(H,25,28)/t17-/m0/s1. The van der Waals surface area contributed by atoms with Gasteiger partial charge in [-0.15, -0.1) is 0 Å². The highest BCUT2D eigenvalue weighted by molar-refractivity contribution is 6.31. The molecular weight excluding hydrogens is 372 g/mol. The predicted molar refractivity (Wildman–Crippen MR) is 114 cm³/mol. The van der Waals surface area contributed by atoms with Crippen molar-refractivity contribution < 1.29 is 9.59 Å². The Kier molecular flexibility index (Phi) is 7.25. The molecule has 0 radical (unpaired) electrons. The number of hydrogen-bond acceptors (Lipinski definition) is 2. The van der Waals surface area contributed by atoms with E-state index in [2.05, 4.69) is 5.32 Å². The number of nitrogens with zero attached hydrogens (tertiary/aromatic N) is 1. The number of hydrogen-bond donors (Lipinski definition) is 1. The molecule has 0 fully saturated rings. The van der Waals surface area contributed by atoms with Gasteiger partial charge in [0.25, 0.3) is 0 Å². The number of amides is 2. The largest absolute Gasteiger partial charge is 0.350 e. The van der Waals surface area contributed by atoms with Crippen molar-refractivity contribution in [2.75, 3.05) is 0 Å². The minimum Gasteiger partial charge on any atom is -0.350 e. The summed E-state index contributed by atoms with van der Waals surface area (Å²) >= 11 is 6.23. The summed E-state index contributed by atoms with van der Waals surface area (Å²) in [7, 11) is 0. The first kappa shape index (κ1) is 22.0. The summed E-state index contributed by atoms with van der Waals surface area (Å²) in [6.07, 6.45) is 0.151. The molecule has 28 heavy (non-hydrogen) atoms. The lowest BCUT2D eigenvalue weighted by molar-refractivity contribution is -0.140. The van der Waals surface area contributed by atoms with Crippen molar-refractivity contribution in [3.63, 3.8) is 0 Å². The van der Waals surface area contributed by atoms with E-state index in [0.29, 0.717) is 11.6 Å². The quantitative estimate of drug-likeness (QED) is 0.774. The summed E-state index contributed by atoms with van der Waals surface area (Å²) in [5, 5.41) is 3.52. The predicted octanol–water partition coefficient (Wildman–Crippen LogP) is 4.52. The first-order valence-electron chi connectivity index (χ1n) is 9.47. The fourth-order valence-electron chi connectivity index (χ4n) is 2.85. The lowest BCUT2D eigenvalue weighted by Gasteiger charge is -2.31. The van der Waals surface area contributed by atoms with E-state index in [-0.39, 0.29) is 23.8 Å². The van der Waals surface area contributed by atoms with Gasteiger partial charge >= 0.3 is 0 Å². The van der Waals surface area contributed by atoms with Crippen LogP contribution in [0.4, 0.5) is 0 Å². The van der Waals surface area contributed by atoms with Gasteiger partial charge in [-0.3, -0.25) is 9.59 Å². The Bertz CT molecular complexity index is 825. The van der Waals surface area contributed by atoms with Crippen molar-refractivity contribution in [1.82, 2.24) is 10.2 Å². The molecule has 2 aromatic carbocycles. The second-order valence-electron chi connectivity index (χ2n) is 8.19. The Morgan fingerprint density at radius 1 is 1.07 bits per heavy atom. The van der Waals surface area contributed by atoms with E-state index in [1.54, 1.807) is 17.9 Å². The topological polar surface area (TPSA) is 49.4 Å². The molecular formula is C23H29ClN2O2. The van der Waals surface area contributed by atoms with Gasteiger partial charge in [0, 0.05) is 17.1 Å². The van der Waals surface area contributed by atoms with Crippen LogP contribution in [0, 0.1) is 6.92 Å². The number of benzene rings is 2. The van der Waals surface area contributed by atoms with E-state index in [1.807, 2.05) is 70.2 Å². The van der Waals surface area contributed by atoms with Crippen LogP contribution >= 0.6 is 11.6 Å². The fourth-order valence-corrected chi connectivity index (χ4v) is 3.06. The summed E-state index contributed by atoms with van der Waals surface area (Å²) < 4.78 is 0. The molecule has 0 aliphatic heterocycles. The molecule has 0 bridgehead atoms. The maximum absolute atomic E-state index is 13.1. The number of rotatable bonds is 6. The third-order valence-corrected chi connectivity index (χ3v) is 4.81. The van der Waals surface area contributed by atoms with E-state index < -0.39 is 6.04 Å². The Labute approximate surface area is 172 Å². The second kappa shape index (κ2) is 9.24. The molecule has 0 aliphatic rings. The average molecular weight is 401 g/mol. The molecule has 0 saturated heterocycles. The van der Waals surface area contributed by atoms with E-state index in [4.69, 9.17) is 11.6 Å². The van der Waals surface area contributed by atoms with Gasteiger partial charge in [-0.25, -0.2) is 0 Å². The molecule has 0 spiro atoms. The molecule has 1 atom stereocenters. The maximum atomic E-state index is 13.1. The third-order valence-electron chi connectivity index (χ3n) is 4.44. The van der Waals surface area contributed by atoms with Crippen LogP contribution in [-0.4, -0.2) is 28.3 Å². The molecule has 0 aliphatic carbocycles. The summed E-state index contributed by atoms with van der Waals surface area (Å²) in [4.78, 5) is 27.5. The van der Waals surface area contributed by atoms with Crippen LogP contribution < -0.4 is 5.32 Å². The monoisotopic (exact) mass is 400 g/mol. The van der Waals surface area contributed by atoms with E-state index in [1.165, 1.54) is 0 Å². The van der Waals surface area contributed by atoms with Crippen LogP contribution in [0.3, 0.4) is 0 Å². The van der Waals surface area contributed by atoms with Crippen molar-refractivity contribution in [3.8, 4) is 0 Å². The fraction of sp³-hybridized carbons (Fsp3) is 0.391. The first-order valence-corrected chi connectivity index (χ1v) is 9.85. The Morgan fingerprint density at radius 3 is 2.25 bits per heavy atom. The van der Waals surface area contributed by atoms with Crippen molar-refractivity contribution in [3.05, 3.63) is 70.2 Å². The van der Waals surface area contributed by atoms with Crippen LogP contribution in [-0.2, 0) is 22.6 Å². The molecule has 2 aromatic rings. The third kappa shape index (κ3) is 6.38. The number of halogens is 1. The second-order valence-corrected chi connectivity index (χ2v) is 8.60. The summed E-state index contributed by atoms with van der Waals surface area (Å²) in [6.45, 7) is 9.92. The van der Waals surface area contributed by atoms with Crippen LogP contribution in [0.25, 0.3) is 0 Å². The van der Waals surface area contributed by atoms with Gasteiger partial charge in [-0.05, 0) is 51.8 Å². The summed E-state index contributed by atoms with van der Waals surface area (Å²) in [5.74, 6) is -0.308. The van der Waals surface area contributed by atoms with Gasteiger partial charge in [0.1, 0.15) is 6.04 Å². The normalized spacial score (nSPS) is 12.4. The number of carbonyl (C=O) groups excluding carboxylic acids is 2. The van der Waals surface area contributed by atoms with E-state index >= 15 is 0 Å². The highest BCUT2D eigenvalue weighted by Crippen LogP contribution is 2.19. The lowest BCUT2D eigenvalue weighted by atomic mass is 10.1. The van der Waals surface area contributed by atoms with Gasteiger partial charge in [0.05, 0.1) is 6.42 Å². The molecule has 1 N–H and O–H groups in total. The maximum Gasteiger partial charge on any atom is 0.242 e. The molecule has 2 rings (SSSR count). The first-order chi connectivity index (χ1) is 13.1. The minimum atomic E-state index is -0.601. The average Bonchev–Trinajstić information content (AvgIpc) is 2.61. The van der Waals surface area contributed by atoms with Gasteiger partial charge in [0.2, 0.25) is 11.8 Å². The lowest BCUT2D eigenvalue weighted by Crippen LogP contribution is -2.52. The van der Waals surface area contributed by atoms with Crippen molar-refractivity contribution in [1.29, 1.82) is 0 Å². The van der Waals surface area contributed by atoms with Gasteiger partial charge in [-0.1, -0.05) is 59.6 Å². The Morgan fingerprint density at radius 2 is 1.68 bits per heavy atom. The summed E-state index contributed by atoms with van der Waals surface area (Å²) in [6, 6.07) is 14.7. The van der Waals surface area contributed by atoms with Crippen LogP contribution in [0.15, 0.2) is 48.5 Å². The molecule has 150 valence electrons. The van der Waals surface area contributed by atoms with Crippen molar-refractivity contribution in [2.24, 2.45) is 0 Å². The SMILES string of the molecule is Cc1ccc(CN(C(=O)Cc2ccccc2Cl)[C@@H](C)C(=O)NC(C)(C)C)cc1. The Hall–Kier alpha value is -2.33. The van der Waals surface area contributed by atoms with E-state index in [9.17, 15) is 9.59 Å². The summed E-state index contributed by atoms with van der Waals surface area (Å²) in [5.41, 5.74) is 2.52. The van der Waals surface area contributed by atoms with Crippen LogP contribution in [0.5, 0.6) is 0 Å². The highest BCUT2D eigenvalue weighted by Gasteiger charge is 2.28.